The van der Waals surface area contributed by atoms with E-state index in [4.69, 9.17) is 8.22 Å². The van der Waals surface area contributed by atoms with Crippen LogP contribution in [0.1, 0.15) is 13.7 Å². The number of aromatic nitrogens is 2. The van der Waals surface area contributed by atoms with Crippen LogP contribution in [0.25, 0.3) is 77.2 Å². The van der Waals surface area contributed by atoms with Gasteiger partial charge in [-0.15, -0.1) is 0 Å². The zero-order valence-electron chi connectivity index (χ0n) is 54.5. The van der Waals surface area contributed by atoms with E-state index in [1.807, 2.05) is 54.6 Å². The van der Waals surface area contributed by atoms with Crippen LogP contribution in [0.5, 0.6) is 0 Å². The number of rotatable bonds is 12. The highest BCUT2D eigenvalue weighted by Gasteiger charge is 2.44. The van der Waals surface area contributed by atoms with E-state index >= 15 is 0 Å². The van der Waals surface area contributed by atoms with Gasteiger partial charge in [-0.2, -0.15) is 0 Å². The average Bonchev–Trinajstić information content (AvgIpc) is 1.33. The van der Waals surface area contributed by atoms with Crippen LogP contribution in [-0.2, 0) is 0 Å². The Morgan fingerprint density at radius 1 is 0.244 bits per heavy atom. The first kappa shape index (κ1) is 39.3. The Balaban J connectivity index is 1.07. The van der Waals surface area contributed by atoms with E-state index in [0.29, 0.717) is 11.1 Å². The molecule has 82 heavy (non-hydrogen) atoms. The Kier molecular flexibility index (Phi) is 9.84. The fourth-order valence-electron chi connectivity index (χ4n) is 13.2. The Hall–Kier alpha value is -10.1. The smallest absolute Gasteiger partial charge is 0.180 e. The van der Waals surface area contributed by atoms with Crippen molar-refractivity contribution in [1.29, 1.82) is 0 Å². The van der Waals surface area contributed by atoms with Gasteiger partial charge in [-0.1, -0.05) is 291 Å². The predicted molar refractivity (Wildman–Crippen MR) is 353 cm³/mol. The standard InChI is InChI=1S/C78H56N2Si2/c1-7-27-57(28-8-1)59-31-23-42-67(53-59)81(63-34-11-3-12-35-63,68-43-24-32-60(54-68)58-29-9-2-10-30-58)69-44-25-33-61(55-69)80-75-52-51-62(79-73-47-21-19-45-70(73)71-46-20-22-48-74(71)79)56-72(75)78-76(80)49-26-50-77(78)82(64-36-13-4-14-37-64,65-38-15-5-16-39-65)66-40-17-6-18-41-66/h1-56H/i1D,2D,7D,8D,9D,10D,27D,28D,29D,30D. The van der Waals surface area contributed by atoms with Crippen LogP contribution in [0.4, 0.5) is 0 Å². The summed E-state index contributed by atoms with van der Waals surface area (Å²) in [6.07, 6.45) is 0. The molecular formula is C78H56N2Si2. The van der Waals surface area contributed by atoms with Gasteiger partial charge >= 0.3 is 0 Å². The summed E-state index contributed by atoms with van der Waals surface area (Å²) in [5.74, 6) is 0. The van der Waals surface area contributed by atoms with Crippen molar-refractivity contribution >= 4 is 101 Å². The fourth-order valence-corrected chi connectivity index (χ4v) is 23.0. The van der Waals surface area contributed by atoms with Gasteiger partial charge in [-0.05, 0) is 112 Å². The van der Waals surface area contributed by atoms with Crippen molar-refractivity contribution in [1.82, 2.24) is 9.13 Å². The van der Waals surface area contributed by atoms with Crippen LogP contribution in [-0.4, -0.2) is 25.3 Å². The van der Waals surface area contributed by atoms with Crippen molar-refractivity contribution in [2.24, 2.45) is 0 Å². The van der Waals surface area contributed by atoms with E-state index in [9.17, 15) is 5.48 Å². The minimum absolute atomic E-state index is 0.0675. The highest BCUT2D eigenvalue weighted by molar-refractivity contribution is 7.21. The van der Waals surface area contributed by atoms with Crippen LogP contribution < -0.4 is 41.5 Å². The lowest BCUT2D eigenvalue weighted by Gasteiger charge is -2.35. The van der Waals surface area contributed by atoms with E-state index < -0.39 is 52.4 Å². The average molecular weight is 1090 g/mol. The van der Waals surface area contributed by atoms with Crippen molar-refractivity contribution in [3.05, 3.63) is 339 Å². The number of hydrogen-bond acceptors (Lipinski definition) is 0. The molecule has 2 heterocycles. The molecule has 0 fully saturated rings. The second-order valence-electron chi connectivity index (χ2n) is 20.8. The molecule has 0 aliphatic heterocycles. The molecule has 13 aromatic carbocycles. The minimum Gasteiger partial charge on any atom is -0.309 e. The van der Waals surface area contributed by atoms with Crippen molar-refractivity contribution in [2.45, 2.75) is 0 Å². The topological polar surface area (TPSA) is 9.86 Å². The number of para-hydroxylation sites is 2. The maximum absolute atomic E-state index is 9.23. The molecule has 0 unspecified atom stereocenters. The van der Waals surface area contributed by atoms with Gasteiger partial charge in [-0.3, -0.25) is 0 Å². The van der Waals surface area contributed by atoms with Crippen LogP contribution in [0.3, 0.4) is 0 Å². The third-order valence-electron chi connectivity index (χ3n) is 16.5. The number of nitrogens with zero attached hydrogens (tertiary/aromatic N) is 2. The lowest BCUT2D eigenvalue weighted by atomic mass is 10.1. The molecule has 15 aromatic rings. The molecule has 0 aliphatic rings. The Morgan fingerprint density at radius 3 is 1.13 bits per heavy atom. The molecule has 0 spiro atoms. The molecule has 0 radical (unpaired) electrons. The predicted octanol–water partition coefficient (Wildman–Crippen LogP) is 14.0. The SMILES string of the molecule is [2H]c1c([2H])c([2H])c(-c2cccc([Si](c3ccccc3)(c3cccc(-c4c([2H])c([2H])c([2H])c([2H])c4[2H])c3)c3cccc(-n4c5ccc(-n6c7ccccc7c7ccccc76)cc5c5c([Si](c6ccccc6)(c6ccccc6)c6ccccc6)cccc54)c3)c2)c([2H])c1[2H]. The molecule has 2 aromatic heterocycles. The van der Waals surface area contributed by atoms with Gasteiger partial charge in [0.2, 0.25) is 0 Å². The van der Waals surface area contributed by atoms with Gasteiger partial charge in [0.15, 0.2) is 16.1 Å². The zero-order valence-corrected chi connectivity index (χ0v) is 46.5. The monoisotopic (exact) mass is 1090 g/mol. The molecule has 386 valence electrons. The lowest BCUT2D eigenvalue weighted by molar-refractivity contribution is 1.17. The minimum atomic E-state index is -3.84. The van der Waals surface area contributed by atoms with Crippen LogP contribution >= 0.6 is 0 Å². The molecule has 2 nitrogen and oxygen atoms in total. The first-order valence-electron chi connectivity index (χ1n) is 32.6. The van der Waals surface area contributed by atoms with Gasteiger partial charge in [-0.25, -0.2) is 0 Å². The van der Waals surface area contributed by atoms with Gasteiger partial charge in [0.1, 0.15) is 0 Å². The molecule has 15 rings (SSSR count). The molecule has 0 bridgehead atoms. The van der Waals surface area contributed by atoms with Crippen molar-refractivity contribution in [3.63, 3.8) is 0 Å². The first-order valence-corrected chi connectivity index (χ1v) is 31.6. The van der Waals surface area contributed by atoms with Crippen LogP contribution in [0.15, 0.2) is 339 Å². The van der Waals surface area contributed by atoms with Gasteiger partial charge in [0.05, 0.1) is 35.8 Å². The van der Waals surface area contributed by atoms with Crippen molar-refractivity contribution in [2.75, 3.05) is 0 Å². The summed E-state index contributed by atoms with van der Waals surface area (Å²) < 4.78 is 93.8. The summed E-state index contributed by atoms with van der Waals surface area (Å²) in [5, 5.41) is 12.9. The van der Waals surface area contributed by atoms with Gasteiger partial charge in [0.25, 0.3) is 0 Å². The van der Waals surface area contributed by atoms with E-state index in [2.05, 4.69) is 221 Å². The van der Waals surface area contributed by atoms with Gasteiger partial charge in [0, 0.05) is 32.9 Å². The molecule has 0 N–H and O–H groups in total. The summed E-state index contributed by atoms with van der Waals surface area (Å²) in [4.78, 5) is 0. The largest absolute Gasteiger partial charge is 0.309 e. The summed E-state index contributed by atoms with van der Waals surface area (Å²) in [5.41, 5.74) is 7.04. The lowest BCUT2D eigenvalue weighted by Crippen LogP contribution is -2.74. The first-order chi connectivity index (χ1) is 44.8. The summed E-state index contributed by atoms with van der Waals surface area (Å²) in [6, 6.07) is 94.0. The van der Waals surface area contributed by atoms with Crippen molar-refractivity contribution in [3.8, 4) is 33.6 Å². The maximum atomic E-state index is 9.23. The van der Waals surface area contributed by atoms with E-state index in [1.165, 1.54) is 20.7 Å². The Morgan fingerprint density at radius 2 is 0.622 bits per heavy atom. The quantitative estimate of drug-likeness (QED) is 0.0852. The summed E-state index contributed by atoms with van der Waals surface area (Å²) in [6.45, 7) is 0. The van der Waals surface area contributed by atoms with Crippen molar-refractivity contribution < 1.29 is 13.7 Å². The fraction of sp³-hybridized carbons (Fsp3) is 0. The third kappa shape index (κ3) is 7.90. The number of fused-ring (bicyclic) bond motifs is 6. The highest BCUT2D eigenvalue weighted by atomic mass is 28.3. The zero-order chi connectivity index (χ0) is 63.2. The molecule has 0 amide bonds. The Labute approximate surface area is 494 Å². The third-order valence-corrected chi connectivity index (χ3v) is 26.1. The molecule has 0 saturated carbocycles. The normalized spacial score (nSPS) is 13.6. The van der Waals surface area contributed by atoms with E-state index in [0.717, 1.165) is 75.7 Å². The Bertz CT molecular complexity index is 5110. The van der Waals surface area contributed by atoms with E-state index in [1.54, 1.807) is 12.1 Å². The summed E-state index contributed by atoms with van der Waals surface area (Å²) in [7, 11) is -7.09. The highest BCUT2D eigenvalue weighted by Crippen LogP contribution is 2.38. The molecule has 0 saturated heterocycles. The molecule has 0 atom stereocenters. The molecular weight excluding hydrogens is 1020 g/mol. The second-order valence-corrected chi connectivity index (χ2v) is 28.4. The van der Waals surface area contributed by atoms with Gasteiger partial charge < -0.3 is 9.13 Å². The number of hydrogen-bond donors (Lipinski definition) is 0. The van der Waals surface area contributed by atoms with E-state index in [-0.39, 0.29) is 35.3 Å². The maximum Gasteiger partial charge on any atom is 0.180 e. The second kappa shape index (κ2) is 20.5. The number of benzene rings is 13. The molecule has 4 heteroatoms. The van der Waals surface area contributed by atoms with Crippen LogP contribution in [0, 0.1) is 0 Å². The summed E-state index contributed by atoms with van der Waals surface area (Å²) >= 11 is 0. The molecule has 0 aliphatic carbocycles. The van der Waals surface area contributed by atoms with Crippen LogP contribution in [0.2, 0.25) is 0 Å².